The zero-order chi connectivity index (χ0) is 18.4. The fraction of sp³-hybridized carbons (Fsp3) is 0.333. The second kappa shape index (κ2) is 8.63. The van der Waals surface area contributed by atoms with Gasteiger partial charge in [0.2, 0.25) is 11.8 Å². The maximum Gasteiger partial charge on any atom is 0.233 e. The molecule has 0 aliphatic carbocycles. The van der Waals surface area contributed by atoms with E-state index in [9.17, 15) is 9.59 Å². The minimum absolute atomic E-state index is 0.102. The van der Waals surface area contributed by atoms with Gasteiger partial charge in [-0.15, -0.1) is 0 Å². The number of nitrogens with zero attached hydrogens (tertiary/aromatic N) is 2. The molecule has 2 aromatic carbocycles. The van der Waals surface area contributed by atoms with Crippen LogP contribution < -0.4 is 5.32 Å². The lowest BCUT2D eigenvalue weighted by molar-refractivity contribution is -0.136. The van der Waals surface area contributed by atoms with Crippen molar-refractivity contribution >= 4 is 17.5 Å². The normalized spacial score (nSPS) is 14.9. The van der Waals surface area contributed by atoms with E-state index >= 15 is 0 Å². The Labute approximate surface area is 154 Å². The van der Waals surface area contributed by atoms with Crippen LogP contribution in [0.4, 0.5) is 5.69 Å². The summed E-state index contributed by atoms with van der Waals surface area (Å²) in [5.41, 5.74) is 3.09. The van der Waals surface area contributed by atoms with Crippen molar-refractivity contribution in [1.29, 1.82) is 0 Å². The van der Waals surface area contributed by atoms with Crippen LogP contribution in [0, 0.1) is 6.92 Å². The first-order valence-electron chi connectivity index (χ1n) is 9.01. The van der Waals surface area contributed by atoms with Crippen LogP contribution in [-0.2, 0) is 16.1 Å². The number of aryl methyl sites for hydroxylation is 1. The predicted octanol–water partition coefficient (Wildman–Crippen LogP) is 2.67. The van der Waals surface area contributed by atoms with E-state index in [1.165, 1.54) is 5.56 Å². The molecule has 136 valence electrons. The van der Waals surface area contributed by atoms with Gasteiger partial charge in [-0.2, -0.15) is 0 Å². The summed E-state index contributed by atoms with van der Waals surface area (Å²) in [7, 11) is 0. The molecule has 0 radical (unpaired) electrons. The van der Waals surface area contributed by atoms with Gasteiger partial charge in [0, 0.05) is 38.4 Å². The summed E-state index contributed by atoms with van der Waals surface area (Å²) in [6, 6.07) is 17.9. The van der Waals surface area contributed by atoms with Crippen molar-refractivity contribution in [2.75, 3.05) is 31.5 Å². The third-order valence-corrected chi connectivity index (χ3v) is 4.59. The monoisotopic (exact) mass is 351 g/mol. The summed E-state index contributed by atoms with van der Waals surface area (Å²) in [4.78, 5) is 28.6. The molecular formula is C21H25N3O2. The summed E-state index contributed by atoms with van der Waals surface area (Å²) in [5.74, 6) is -0.359. The Morgan fingerprint density at radius 2 is 1.69 bits per heavy atom. The smallest absolute Gasteiger partial charge is 0.233 e. The van der Waals surface area contributed by atoms with Crippen molar-refractivity contribution in [2.24, 2.45) is 0 Å². The van der Waals surface area contributed by atoms with Crippen molar-refractivity contribution in [3.8, 4) is 0 Å². The molecule has 0 spiro atoms. The molecule has 0 aromatic heterocycles. The van der Waals surface area contributed by atoms with E-state index in [0.29, 0.717) is 13.1 Å². The van der Waals surface area contributed by atoms with E-state index in [4.69, 9.17) is 0 Å². The van der Waals surface area contributed by atoms with Gasteiger partial charge in [0.15, 0.2) is 0 Å². The number of carbonyl (C=O) groups is 2. The molecule has 0 saturated carbocycles. The first kappa shape index (κ1) is 18.1. The molecule has 0 unspecified atom stereocenters. The van der Waals surface area contributed by atoms with Crippen LogP contribution in [0.3, 0.4) is 0 Å². The summed E-state index contributed by atoms with van der Waals surface area (Å²) < 4.78 is 0. The quantitative estimate of drug-likeness (QED) is 0.843. The van der Waals surface area contributed by atoms with Crippen LogP contribution in [0.5, 0.6) is 0 Å². The van der Waals surface area contributed by atoms with Crippen molar-refractivity contribution in [1.82, 2.24) is 9.80 Å². The molecule has 0 bridgehead atoms. The molecule has 5 nitrogen and oxygen atoms in total. The third kappa shape index (κ3) is 5.17. The van der Waals surface area contributed by atoms with Gasteiger partial charge in [0.1, 0.15) is 6.42 Å². The van der Waals surface area contributed by atoms with Gasteiger partial charge in [0.25, 0.3) is 0 Å². The number of anilines is 1. The first-order valence-corrected chi connectivity index (χ1v) is 9.01. The topological polar surface area (TPSA) is 52.7 Å². The molecule has 26 heavy (non-hydrogen) atoms. The van der Waals surface area contributed by atoms with E-state index in [0.717, 1.165) is 30.9 Å². The van der Waals surface area contributed by atoms with Gasteiger partial charge >= 0.3 is 0 Å². The van der Waals surface area contributed by atoms with Crippen LogP contribution in [0.1, 0.15) is 17.5 Å². The van der Waals surface area contributed by atoms with Gasteiger partial charge < -0.3 is 10.2 Å². The largest absolute Gasteiger partial charge is 0.340 e. The molecule has 3 rings (SSSR count). The molecular weight excluding hydrogens is 326 g/mol. The minimum Gasteiger partial charge on any atom is -0.340 e. The number of nitrogens with one attached hydrogen (secondary N) is 1. The SMILES string of the molecule is Cc1cccc(NC(=O)CC(=O)N2CCN(Cc3ccccc3)CC2)c1. The first-order chi connectivity index (χ1) is 12.6. The molecule has 1 fully saturated rings. The Morgan fingerprint density at radius 1 is 0.962 bits per heavy atom. The molecule has 5 heteroatoms. The number of rotatable bonds is 5. The number of benzene rings is 2. The zero-order valence-corrected chi connectivity index (χ0v) is 15.1. The average Bonchev–Trinajstić information content (AvgIpc) is 2.63. The predicted molar refractivity (Wildman–Crippen MR) is 103 cm³/mol. The summed E-state index contributed by atoms with van der Waals surface area (Å²) in [6.45, 7) is 5.87. The maximum absolute atomic E-state index is 12.4. The van der Waals surface area contributed by atoms with Crippen LogP contribution in [0.2, 0.25) is 0 Å². The standard InChI is InChI=1S/C21H25N3O2/c1-17-6-5-9-19(14-17)22-20(25)15-21(26)24-12-10-23(11-13-24)16-18-7-3-2-4-8-18/h2-9,14H,10-13,15-16H2,1H3,(H,22,25). The fourth-order valence-electron chi connectivity index (χ4n) is 3.17. The fourth-order valence-corrected chi connectivity index (χ4v) is 3.17. The Hall–Kier alpha value is -2.66. The van der Waals surface area contributed by atoms with Gasteiger partial charge in [0.05, 0.1) is 0 Å². The lowest BCUT2D eigenvalue weighted by Gasteiger charge is -2.34. The van der Waals surface area contributed by atoms with Gasteiger partial charge in [-0.05, 0) is 30.2 Å². The molecule has 1 N–H and O–H groups in total. The Bertz CT molecular complexity index is 753. The molecule has 1 heterocycles. The number of hydrogen-bond acceptors (Lipinski definition) is 3. The van der Waals surface area contributed by atoms with Crippen molar-refractivity contribution in [3.63, 3.8) is 0 Å². The van der Waals surface area contributed by atoms with E-state index in [-0.39, 0.29) is 18.2 Å². The molecule has 1 aliphatic heterocycles. The summed E-state index contributed by atoms with van der Waals surface area (Å²) >= 11 is 0. The highest BCUT2D eigenvalue weighted by Gasteiger charge is 2.22. The van der Waals surface area contributed by atoms with Crippen LogP contribution in [0.25, 0.3) is 0 Å². The Balaban J connectivity index is 1.44. The van der Waals surface area contributed by atoms with Gasteiger partial charge in [-0.3, -0.25) is 14.5 Å². The number of piperazine rings is 1. The third-order valence-electron chi connectivity index (χ3n) is 4.59. The molecule has 1 aliphatic rings. The highest BCUT2D eigenvalue weighted by atomic mass is 16.2. The number of hydrogen-bond donors (Lipinski definition) is 1. The lowest BCUT2D eigenvalue weighted by atomic mass is 10.2. The average molecular weight is 351 g/mol. The van der Waals surface area contributed by atoms with Gasteiger partial charge in [-0.25, -0.2) is 0 Å². The molecule has 0 atom stereocenters. The van der Waals surface area contributed by atoms with Crippen LogP contribution in [0.15, 0.2) is 54.6 Å². The minimum atomic E-state index is -0.257. The highest BCUT2D eigenvalue weighted by Crippen LogP contribution is 2.12. The van der Waals surface area contributed by atoms with E-state index in [1.807, 2.05) is 49.4 Å². The van der Waals surface area contributed by atoms with Gasteiger partial charge in [-0.1, -0.05) is 42.5 Å². The number of carbonyl (C=O) groups excluding carboxylic acids is 2. The summed E-state index contributed by atoms with van der Waals surface area (Å²) in [6.07, 6.45) is -0.105. The van der Waals surface area contributed by atoms with Crippen LogP contribution >= 0.6 is 0 Å². The van der Waals surface area contributed by atoms with E-state index < -0.39 is 0 Å². The Morgan fingerprint density at radius 3 is 2.38 bits per heavy atom. The van der Waals surface area contributed by atoms with Crippen molar-refractivity contribution < 1.29 is 9.59 Å². The maximum atomic E-state index is 12.4. The zero-order valence-electron chi connectivity index (χ0n) is 15.1. The molecule has 2 aromatic rings. The number of amides is 2. The highest BCUT2D eigenvalue weighted by molar-refractivity contribution is 6.03. The Kier molecular flexibility index (Phi) is 6.02. The second-order valence-corrected chi connectivity index (χ2v) is 6.74. The van der Waals surface area contributed by atoms with Crippen molar-refractivity contribution in [2.45, 2.75) is 19.9 Å². The second-order valence-electron chi connectivity index (χ2n) is 6.74. The summed E-state index contributed by atoms with van der Waals surface area (Å²) in [5, 5.41) is 2.80. The van der Waals surface area contributed by atoms with Crippen molar-refractivity contribution in [3.05, 3.63) is 65.7 Å². The van der Waals surface area contributed by atoms with E-state index in [1.54, 1.807) is 4.90 Å². The lowest BCUT2D eigenvalue weighted by Crippen LogP contribution is -2.48. The van der Waals surface area contributed by atoms with E-state index in [2.05, 4.69) is 22.3 Å². The molecule has 1 saturated heterocycles. The van der Waals surface area contributed by atoms with Crippen LogP contribution in [-0.4, -0.2) is 47.8 Å². The molecule has 2 amide bonds.